The van der Waals surface area contributed by atoms with Crippen LogP contribution in [0.1, 0.15) is 36.0 Å². The summed E-state index contributed by atoms with van der Waals surface area (Å²) in [5, 5.41) is 3.94. The van der Waals surface area contributed by atoms with Crippen LogP contribution in [0.15, 0.2) is 18.2 Å². The van der Waals surface area contributed by atoms with Crippen LogP contribution in [-0.4, -0.2) is 25.5 Å². The molecule has 1 saturated heterocycles. The van der Waals surface area contributed by atoms with Gasteiger partial charge in [0, 0.05) is 17.5 Å². The van der Waals surface area contributed by atoms with E-state index in [2.05, 4.69) is 5.32 Å². The van der Waals surface area contributed by atoms with Gasteiger partial charge in [-0.3, -0.25) is 4.79 Å². The maximum absolute atomic E-state index is 12.3. The molecular weight excluding hydrogens is 250 g/mol. The monoisotopic (exact) mass is 267 g/mol. The highest BCUT2D eigenvalue weighted by molar-refractivity contribution is 6.31. The zero-order valence-corrected chi connectivity index (χ0v) is 11.3. The molecule has 3 nitrogen and oxygen atoms in total. The quantitative estimate of drug-likeness (QED) is 0.852. The molecule has 0 aromatic heterocycles. The van der Waals surface area contributed by atoms with Gasteiger partial charge in [-0.05, 0) is 37.6 Å². The Balaban J connectivity index is 2.09. The molecule has 1 fully saturated rings. The van der Waals surface area contributed by atoms with Gasteiger partial charge in [-0.15, -0.1) is 0 Å². The summed E-state index contributed by atoms with van der Waals surface area (Å²) in [6.45, 7) is 1.00. The fraction of sp³-hybridized carbons (Fsp3) is 0.500. The van der Waals surface area contributed by atoms with Crippen LogP contribution in [0.25, 0.3) is 0 Å². The minimum absolute atomic E-state index is 0.0914. The third-order valence-corrected chi connectivity index (χ3v) is 3.54. The number of rotatable bonds is 4. The molecule has 1 N–H and O–H groups in total. The van der Waals surface area contributed by atoms with Crippen molar-refractivity contribution < 1.29 is 9.53 Å². The number of methoxy groups -OCH3 is 1. The molecule has 1 atom stereocenters. The molecule has 18 heavy (non-hydrogen) atoms. The summed E-state index contributed by atoms with van der Waals surface area (Å²) in [4.78, 5) is 12.3. The SMILES string of the molecule is COc1ccc(Cl)cc1C(=O)CC1CCCCN1. The Kier molecular flexibility index (Phi) is 4.61. The summed E-state index contributed by atoms with van der Waals surface area (Å²) in [6, 6.07) is 5.45. The van der Waals surface area contributed by atoms with E-state index in [0.29, 0.717) is 22.8 Å². The van der Waals surface area contributed by atoms with Gasteiger partial charge in [-0.25, -0.2) is 0 Å². The van der Waals surface area contributed by atoms with Gasteiger partial charge >= 0.3 is 0 Å². The molecular formula is C14H18ClNO2. The number of halogens is 1. The first-order chi connectivity index (χ1) is 8.70. The lowest BCUT2D eigenvalue weighted by Gasteiger charge is -2.23. The maximum atomic E-state index is 12.3. The molecule has 1 aromatic rings. The van der Waals surface area contributed by atoms with Gasteiger partial charge in [0.05, 0.1) is 12.7 Å². The van der Waals surface area contributed by atoms with Crippen LogP contribution >= 0.6 is 11.6 Å². The third kappa shape index (κ3) is 3.24. The van der Waals surface area contributed by atoms with Crippen molar-refractivity contribution in [3.63, 3.8) is 0 Å². The van der Waals surface area contributed by atoms with Crippen LogP contribution in [0.5, 0.6) is 5.75 Å². The van der Waals surface area contributed by atoms with Crippen LogP contribution in [0.2, 0.25) is 5.02 Å². The molecule has 0 spiro atoms. The largest absolute Gasteiger partial charge is 0.496 e. The topological polar surface area (TPSA) is 38.3 Å². The molecule has 0 saturated carbocycles. The lowest BCUT2D eigenvalue weighted by molar-refractivity contribution is 0.0961. The predicted molar refractivity (Wildman–Crippen MR) is 72.6 cm³/mol. The first-order valence-electron chi connectivity index (χ1n) is 6.31. The average Bonchev–Trinajstić information content (AvgIpc) is 2.40. The second kappa shape index (κ2) is 6.21. The summed E-state index contributed by atoms with van der Waals surface area (Å²) in [7, 11) is 1.57. The first kappa shape index (κ1) is 13.4. The van der Waals surface area contributed by atoms with Gasteiger partial charge in [0.1, 0.15) is 5.75 Å². The van der Waals surface area contributed by atoms with E-state index in [1.807, 2.05) is 0 Å². The van der Waals surface area contributed by atoms with E-state index in [4.69, 9.17) is 16.3 Å². The summed E-state index contributed by atoms with van der Waals surface area (Å²) < 4.78 is 5.21. The van der Waals surface area contributed by atoms with E-state index in [-0.39, 0.29) is 11.8 Å². The summed E-state index contributed by atoms with van der Waals surface area (Å²) >= 11 is 5.94. The second-order valence-corrected chi connectivity index (χ2v) is 5.06. The van der Waals surface area contributed by atoms with Crippen molar-refractivity contribution in [2.24, 2.45) is 0 Å². The highest BCUT2D eigenvalue weighted by Gasteiger charge is 2.19. The van der Waals surface area contributed by atoms with Gasteiger partial charge < -0.3 is 10.1 Å². The van der Waals surface area contributed by atoms with E-state index in [1.165, 1.54) is 12.8 Å². The number of hydrogen-bond acceptors (Lipinski definition) is 3. The third-order valence-electron chi connectivity index (χ3n) is 3.31. The molecule has 2 rings (SSSR count). The van der Waals surface area contributed by atoms with Crippen molar-refractivity contribution in [3.05, 3.63) is 28.8 Å². The summed E-state index contributed by atoms with van der Waals surface area (Å²) in [5.74, 6) is 0.689. The zero-order valence-electron chi connectivity index (χ0n) is 10.5. The number of Topliss-reactive ketones (excluding diaryl/α,β-unsaturated/α-hetero) is 1. The van der Waals surface area contributed by atoms with Crippen molar-refractivity contribution in [1.82, 2.24) is 5.32 Å². The smallest absolute Gasteiger partial charge is 0.168 e. The van der Waals surface area contributed by atoms with Crippen molar-refractivity contribution in [2.45, 2.75) is 31.7 Å². The van der Waals surface area contributed by atoms with Crippen LogP contribution < -0.4 is 10.1 Å². The van der Waals surface area contributed by atoms with E-state index < -0.39 is 0 Å². The minimum Gasteiger partial charge on any atom is -0.496 e. The highest BCUT2D eigenvalue weighted by Crippen LogP contribution is 2.25. The van der Waals surface area contributed by atoms with E-state index in [9.17, 15) is 4.79 Å². The van der Waals surface area contributed by atoms with Crippen LogP contribution in [0, 0.1) is 0 Å². The number of ketones is 1. The Morgan fingerprint density at radius 1 is 1.50 bits per heavy atom. The Hall–Kier alpha value is -1.06. The normalized spacial score (nSPS) is 19.6. The number of piperidine rings is 1. The van der Waals surface area contributed by atoms with E-state index >= 15 is 0 Å². The standard InChI is InChI=1S/C14H18ClNO2/c1-18-14-6-5-10(15)8-12(14)13(17)9-11-4-2-3-7-16-11/h5-6,8,11,16H,2-4,7,9H2,1H3. The molecule has 1 heterocycles. The molecule has 98 valence electrons. The van der Waals surface area contributed by atoms with Crippen LogP contribution in [-0.2, 0) is 0 Å². The lowest BCUT2D eigenvalue weighted by Crippen LogP contribution is -2.35. The number of nitrogens with one attached hydrogen (secondary N) is 1. The fourth-order valence-corrected chi connectivity index (χ4v) is 2.50. The lowest BCUT2D eigenvalue weighted by atomic mass is 9.96. The fourth-order valence-electron chi connectivity index (χ4n) is 2.33. The first-order valence-corrected chi connectivity index (χ1v) is 6.68. The maximum Gasteiger partial charge on any atom is 0.168 e. The highest BCUT2D eigenvalue weighted by atomic mass is 35.5. The van der Waals surface area contributed by atoms with Crippen molar-refractivity contribution in [1.29, 1.82) is 0 Å². The minimum atomic E-state index is 0.0914. The molecule has 0 radical (unpaired) electrons. The number of hydrogen-bond donors (Lipinski definition) is 1. The Labute approximate surface area is 112 Å². The van der Waals surface area contributed by atoms with Gasteiger partial charge in [-0.2, -0.15) is 0 Å². The van der Waals surface area contributed by atoms with Gasteiger partial charge in [0.2, 0.25) is 0 Å². The van der Waals surface area contributed by atoms with E-state index in [0.717, 1.165) is 13.0 Å². The number of carbonyl (C=O) groups is 1. The molecule has 1 aliphatic rings. The molecule has 0 amide bonds. The number of ether oxygens (including phenoxy) is 1. The van der Waals surface area contributed by atoms with Gasteiger partial charge in [0.15, 0.2) is 5.78 Å². The molecule has 4 heteroatoms. The van der Waals surface area contributed by atoms with Crippen LogP contribution in [0.3, 0.4) is 0 Å². The molecule has 0 aliphatic carbocycles. The molecule has 1 aliphatic heterocycles. The zero-order chi connectivity index (χ0) is 13.0. The Morgan fingerprint density at radius 2 is 2.33 bits per heavy atom. The van der Waals surface area contributed by atoms with Crippen molar-refractivity contribution >= 4 is 17.4 Å². The van der Waals surface area contributed by atoms with E-state index in [1.54, 1.807) is 25.3 Å². The van der Waals surface area contributed by atoms with Crippen LogP contribution in [0.4, 0.5) is 0 Å². The Bertz CT molecular complexity index is 428. The molecule has 1 unspecified atom stereocenters. The summed E-state index contributed by atoms with van der Waals surface area (Å²) in [6.07, 6.45) is 3.97. The number of carbonyl (C=O) groups excluding carboxylic acids is 1. The molecule has 1 aromatic carbocycles. The number of benzene rings is 1. The van der Waals surface area contributed by atoms with Gasteiger partial charge in [0.25, 0.3) is 0 Å². The van der Waals surface area contributed by atoms with Crippen molar-refractivity contribution in [3.8, 4) is 5.75 Å². The summed E-state index contributed by atoms with van der Waals surface area (Å²) in [5.41, 5.74) is 0.581. The van der Waals surface area contributed by atoms with Gasteiger partial charge in [-0.1, -0.05) is 18.0 Å². The molecule has 0 bridgehead atoms. The second-order valence-electron chi connectivity index (χ2n) is 4.62. The average molecular weight is 268 g/mol. The van der Waals surface area contributed by atoms with Crippen molar-refractivity contribution in [2.75, 3.05) is 13.7 Å². The predicted octanol–water partition coefficient (Wildman–Crippen LogP) is 3.06. The Morgan fingerprint density at radius 3 is 3.00 bits per heavy atom.